The van der Waals surface area contributed by atoms with Crippen LogP contribution in [-0.4, -0.2) is 56.5 Å². The van der Waals surface area contributed by atoms with Gasteiger partial charge in [-0.2, -0.15) is 0 Å². The Hall–Kier alpha value is -2.20. The van der Waals surface area contributed by atoms with E-state index >= 15 is 4.39 Å². The van der Waals surface area contributed by atoms with Crippen LogP contribution < -0.4 is 11.2 Å². The Morgan fingerprint density at radius 1 is 1.05 bits per heavy atom. The van der Waals surface area contributed by atoms with E-state index in [0.29, 0.717) is 3.57 Å². The van der Waals surface area contributed by atoms with Gasteiger partial charge in [-0.05, 0) is 91.8 Å². The summed E-state index contributed by atoms with van der Waals surface area (Å²) in [6.07, 6.45) is -2.37. The fourth-order valence-electron chi connectivity index (χ4n) is 3.47. The molecule has 0 spiro atoms. The molecule has 0 fully saturated rings. The smallest absolute Gasteiger partial charge is 0.410 e. The van der Waals surface area contributed by atoms with E-state index in [9.17, 15) is 18.4 Å². The van der Waals surface area contributed by atoms with E-state index in [1.807, 2.05) is 56.5 Å². The summed E-state index contributed by atoms with van der Waals surface area (Å²) in [5.41, 5.74) is -2.01. The first-order valence-electron chi connectivity index (χ1n) is 12.9. The van der Waals surface area contributed by atoms with Crippen molar-refractivity contribution in [1.29, 1.82) is 0 Å². The Balaban J connectivity index is 2.59. The summed E-state index contributed by atoms with van der Waals surface area (Å²) >= 11 is 1.90. The van der Waals surface area contributed by atoms with Gasteiger partial charge < -0.3 is 19.4 Å². The number of carbonyl (C=O) groups is 2. The topological polar surface area (TPSA) is 103 Å². The molecule has 2 rings (SSSR count). The minimum absolute atomic E-state index is 0.169. The van der Waals surface area contributed by atoms with Gasteiger partial charge >= 0.3 is 6.09 Å². The van der Waals surface area contributed by atoms with Crippen molar-refractivity contribution in [1.82, 2.24) is 4.90 Å². The fourth-order valence-corrected chi connectivity index (χ4v) is 4.94. The van der Waals surface area contributed by atoms with Crippen molar-refractivity contribution in [2.24, 2.45) is 5.90 Å². The zero-order chi connectivity index (χ0) is 31.5. The second-order valence-electron chi connectivity index (χ2n) is 12.2. The summed E-state index contributed by atoms with van der Waals surface area (Å²) < 4.78 is 56.4. The number of hydrogen-bond donors (Lipinski definition) is 2. The Morgan fingerprint density at radius 2 is 1.66 bits per heavy atom. The van der Waals surface area contributed by atoms with E-state index < -0.39 is 61.1 Å². The lowest BCUT2D eigenvalue weighted by Gasteiger charge is -2.40. The fraction of sp³-hybridized carbons (Fsp3) is 0.500. The number of rotatable bonds is 10. The van der Waals surface area contributed by atoms with Crippen molar-refractivity contribution in [3.05, 3.63) is 56.9 Å². The standard InChI is InChI=1S/C28H39F3IN3O5Si/c1-27(2,3)39-26(37)35(7)21(15-38-41(8,9)28(4,5)6)25(40-33)24(36)17-11-12-18(29)22(31)23(17)34-20-13-10-16(32)14-19(20)30/h10-14,21,25,34H,15,33H2,1-9H3/t21-,25?/m0/s1. The molecule has 1 unspecified atom stereocenters. The minimum atomic E-state index is -2.41. The maximum Gasteiger partial charge on any atom is 0.410 e. The van der Waals surface area contributed by atoms with Crippen LogP contribution in [0.3, 0.4) is 0 Å². The number of anilines is 2. The predicted molar refractivity (Wildman–Crippen MR) is 163 cm³/mol. The second kappa shape index (κ2) is 13.4. The number of ketones is 1. The van der Waals surface area contributed by atoms with Crippen LogP contribution in [0.2, 0.25) is 18.1 Å². The van der Waals surface area contributed by atoms with Crippen LogP contribution in [0.15, 0.2) is 30.3 Å². The molecule has 41 heavy (non-hydrogen) atoms. The molecule has 8 nitrogen and oxygen atoms in total. The molecule has 0 aromatic heterocycles. The Kier molecular flexibility index (Phi) is 11.4. The Labute approximate surface area is 254 Å². The monoisotopic (exact) mass is 709 g/mol. The first-order chi connectivity index (χ1) is 18.7. The third-order valence-electron chi connectivity index (χ3n) is 6.91. The van der Waals surface area contributed by atoms with Crippen LogP contribution in [0.4, 0.5) is 29.3 Å². The number of nitrogens with one attached hydrogen (secondary N) is 1. The van der Waals surface area contributed by atoms with E-state index in [1.165, 1.54) is 19.2 Å². The minimum Gasteiger partial charge on any atom is -0.444 e. The zero-order valence-electron chi connectivity index (χ0n) is 24.8. The van der Waals surface area contributed by atoms with E-state index in [1.54, 1.807) is 26.8 Å². The van der Waals surface area contributed by atoms with Gasteiger partial charge in [0.05, 0.1) is 24.0 Å². The molecule has 0 aliphatic rings. The first-order valence-corrected chi connectivity index (χ1v) is 16.9. The maximum atomic E-state index is 15.1. The highest BCUT2D eigenvalue weighted by Crippen LogP contribution is 2.37. The van der Waals surface area contributed by atoms with Crippen molar-refractivity contribution < 1.29 is 36.8 Å². The summed E-state index contributed by atoms with van der Waals surface area (Å²) in [5.74, 6) is 1.33. The highest BCUT2D eigenvalue weighted by atomic mass is 127. The lowest BCUT2D eigenvalue weighted by Crippen LogP contribution is -2.55. The number of nitrogens with zero attached hydrogens (tertiary/aromatic N) is 1. The summed E-state index contributed by atoms with van der Waals surface area (Å²) in [7, 11) is -1.01. The zero-order valence-corrected chi connectivity index (χ0v) is 28.0. The molecule has 228 valence electrons. The largest absolute Gasteiger partial charge is 0.444 e. The molecule has 2 aromatic rings. The number of halogens is 4. The Morgan fingerprint density at radius 3 is 2.17 bits per heavy atom. The molecule has 0 heterocycles. The van der Waals surface area contributed by atoms with E-state index in [-0.39, 0.29) is 22.9 Å². The van der Waals surface area contributed by atoms with Crippen LogP contribution >= 0.6 is 22.6 Å². The van der Waals surface area contributed by atoms with Gasteiger partial charge in [-0.15, -0.1) is 0 Å². The molecule has 13 heteroatoms. The average molecular weight is 710 g/mol. The molecule has 2 atom stereocenters. The third kappa shape index (κ3) is 8.89. The number of benzene rings is 2. The van der Waals surface area contributed by atoms with E-state index in [4.69, 9.17) is 19.9 Å². The summed E-state index contributed by atoms with van der Waals surface area (Å²) in [4.78, 5) is 33.2. The van der Waals surface area contributed by atoms with Gasteiger partial charge in [0.15, 0.2) is 31.8 Å². The number of amides is 1. The average Bonchev–Trinajstić information content (AvgIpc) is 2.83. The summed E-state index contributed by atoms with van der Waals surface area (Å²) in [6, 6.07) is 4.76. The molecule has 3 N–H and O–H groups in total. The molecule has 0 bridgehead atoms. The van der Waals surface area contributed by atoms with Gasteiger partial charge in [0.2, 0.25) is 0 Å². The molecule has 0 aliphatic carbocycles. The van der Waals surface area contributed by atoms with Crippen LogP contribution in [0, 0.1) is 21.0 Å². The number of ether oxygens (including phenoxy) is 1. The molecular formula is C28H39F3IN3O5Si. The van der Waals surface area contributed by atoms with Gasteiger partial charge in [0, 0.05) is 16.2 Å². The molecule has 0 saturated carbocycles. The van der Waals surface area contributed by atoms with Crippen molar-refractivity contribution in [3.63, 3.8) is 0 Å². The van der Waals surface area contributed by atoms with Crippen LogP contribution in [0.1, 0.15) is 51.9 Å². The third-order valence-corrected chi connectivity index (χ3v) is 12.1. The number of Topliss-reactive ketones (excluding diaryl/α,β-unsaturated/α-hetero) is 1. The molecule has 0 saturated heterocycles. The molecule has 0 aliphatic heterocycles. The highest BCUT2D eigenvalue weighted by Gasteiger charge is 2.42. The van der Waals surface area contributed by atoms with E-state index in [0.717, 1.165) is 17.0 Å². The van der Waals surface area contributed by atoms with Gasteiger partial charge in [0.25, 0.3) is 0 Å². The lowest BCUT2D eigenvalue weighted by atomic mass is 9.98. The highest BCUT2D eigenvalue weighted by molar-refractivity contribution is 14.1. The summed E-state index contributed by atoms with van der Waals surface area (Å²) in [6.45, 7) is 14.9. The number of nitrogens with two attached hydrogens (primary N) is 1. The summed E-state index contributed by atoms with van der Waals surface area (Å²) in [5, 5.41) is 2.29. The van der Waals surface area contributed by atoms with Gasteiger partial charge in [-0.3, -0.25) is 9.63 Å². The van der Waals surface area contributed by atoms with Gasteiger partial charge in [-0.25, -0.2) is 23.9 Å². The Bertz CT molecular complexity index is 1270. The van der Waals surface area contributed by atoms with Crippen molar-refractivity contribution in [3.8, 4) is 0 Å². The van der Waals surface area contributed by atoms with Crippen LogP contribution in [0.25, 0.3) is 0 Å². The predicted octanol–water partition coefficient (Wildman–Crippen LogP) is 7.15. The number of carbonyl (C=O) groups excluding carboxylic acids is 2. The van der Waals surface area contributed by atoms with Gasteiger partial charge in [-0.1, -0.05) is 20.8 Å². The van der Waals surface area contributed by atoms with Crippen LogP contribution in [-0.2, 0) is 14.0 Å². The molecule has 2 aromatic carbocycles. The van der Waals surface area contributed by atoms with E-state index in [2.05, 4.69) is 5.32 Å². The van der Waals surface area contributed by atoms with Crippen LogP contribution in [0.5, 0.6) is 0 Å². The lowest BCUT2D eigenvalue weighted by molar-refractivity contribution is -0.0279. The number of hydrogen-bond acceptors (Lipinski definition) is 7. The molecule has 0 radical (unpaired) electrons. The maximum absolute atomic E-state index is 15.1. The van der Waals surface area contributed by atoms with Crippen molar-refractivity contribution in [2.75, 3.05) is 19.0 Å². The second-order valence-corrected chi connectivity index (χ2v) is 18.2. The number of likely N-dealkylation sites (N-methyl/N-ethyl adjacent to an activating group) is 1. The normalized spacial score (nSPS) is 13.9. The first kappa shape index (κ1) is 35.0. The SMILES string of the molecule is CN(C(=O)OC(C)(C)C)[C@@H](CO[Si](C)(C)C(C)(C)C)C(ON)C(=O)c1ccc(F)c(F)c1Nc1ccc(I)cc1F. The van der Waals surface area contributed by atoms with Crippen molar-refractivity contribution >= 4 is 54.2 Å². The molecular weight excluding hydrogens is 670 g/mol. The van der Waals surface area contributed by atoms with Crippen molar-refractivity contribution in [2.45, 2.75) is 77.4 Å². The van der Waals surface area contributed by atoms with Gasteiger partial charge in [0.1, 0.15) is 11.4 Å². The quantitative estimate of drug-likeness (QED) is 0.117. The molecule has 1 amide bonds.